The Kier molecular flexibility index (Phi) is 6.39. The van der Waals surface area contributed by atoms with E-state index < -0.39 is 23.3 Å². The quantitative estimate of drug-likeness (QED) is 0.441. The Morgan fingerprint density at radius 3 is 2.47 bits per heavy atom. The van der Waals surface area contributed by atoms with Crippen molar-refractivity contribution in [2.45, 2.75) is 38.6 Å². The van der Waals surface area contributed by atoms with Gasteiger partial charge in [-0.25, -0.2) is 9.18 Å². The van der Waals surface area contributed by atoms with Crippen LogP contribution in [0.1, 0.15) is 38.7 Å². The largest absolute Gasteiger partial charge is 0.337 e. The van der Waals surface area contributed by atoms with Crippen molar-refractivity contribution >= 4 is 23.9 Å². The molecule has 160 valence electrons. The second-order valence-electron chi connectivity index (χ2n) is 8.07. The van der Waals surface area contributed by atoms with Gasteiger partial charge in [-0.1, -0.05) is 49.4 Å². The molecule has 0 aromatic heterocycles. The monoisotopic (exact) mass is 413 g/mol. The van der Waals surface area contributed by atoms with E-state index in [0.29, 0.717) is 37.9 Å². The van der Waals surface area contributed by atoms with Crippen LogP contribution in [0.5, 0.6) is 0 Å². The van der Waals surface area contributed by atoms with Gasteiger partial charge in [0.25, 0.3) is 11.8 Å². The van der Waals surface area contributed by atoms with E-state index in [1.54, 1.807) is 31.2 Å². The average molecular weight is 413 g/mol. The number of hydrogen-bond donors (Lipinski definition) is 1. The van der Waals surface area contributed by atoms with Crippen LogP contribution in [0, 0.1) is 5.92 Å². The molecule has 7 heteroatoms. The Balaban J connectivity index is 1.67. The predicted molar refractivity (Wildman–Crippen MR) is 113 cm³/mol. The van der Waals surface area contributed by atoms with Crippen LogP contribution in [-0.4, -0.2) is 52.8 Å². The van der Waals surface area contributed by atoms with Crippen molar-refractivity contribution < 1.29 is 18.8 Å². The van der Waals surface area contributed by atoms with Crippen molar-refractivity contribution in [3.05, 3.63) is 53.9 Å². The lowest BCUT2D eigenvalue weighted by atomic mass is 9.75. The molecular weight excluding hydrogens is 385 g/mol. The number of likely N-dealkylation sites (tertiary alicyclic amines) is 1. The first kappa shape index (κ1) is 21.7. The van der Waals surface area contributed by atoms with Gasteiger partial charge in [0.15, 0.2) is 5.83 Å². The summed E-state index contributed by atoms with van der Waals surface area (Å²) in [7, 11) is 0. The minimum Gasteiger partial charge on any atom is -0.337 e. The normalized spacial score (nSPS) is 23.0. The molecule has 0 aliphatic carbocycles. The number of carbonyl (C=O) groups is 3. The lowest BCUT2D eigenvalue weighted by Gasteiger charge is -2.40. The highest BCUT2D eigenvalue weighted by Gasteiger charge is 2.54. The number of rotatable bonds is 6. The standard InChI is InChI=1S/C23H28FN3O3/c1-4-23(21(29)27(15-16(2)3)22(30)25-23)18-10-12-26(13-11-18)20(28)19(24)14-17-8-6-5-7-9-17/h5-9,14,18H,2,4,10-13,15H2,1,3H3,(H,25,30). The van der Waals surface area contributed by atoms with Gasteiger partial charge in [0, 0.05) is 13.1 Å². The van der Waals surface area contributed by atoms with Gasteiger partial charge in [0.1, 0.15) is 5.54 Å². The maximum atomic E-state index is 14.4. The molecule has 30 heavy (non-hydrogen) atoms. The number of imide groups is 1. The number of halogens is 1. The summed E-state index contributed by atoms with van der Waals surface area (Å²) in [5, 5.41) is 2.90. The van der Waals surface area contributed by atoms with Crippen LogP contribution in [0.4, 0.5) is 9.18 Å². The fraction of sp³-hybridized carbons (Fsp3) is 0.435. The molecule has 2 saturated heterocycles. The molecule has 2 aliphatic rings. The van der Waals surface area contributed by atoms with Gasteiger partial charge in [-0.2, -0.15) is 0 Å². The van der Waals surface area contributed by atoms with Gasteiger partial charge >= 0.3 is 6.03 Å². The van der Waals surface area contributed by atoms with Crippen LogP contribution in [0.3, 0.4) is 0 Å². The molecule has 3 rings (SSSR count). The predicted octanol–water partition coefficient (Wildman–Crippen LogP) is 3.51. The first-order valence-corrected chi connectivity index (χ1v) is 10.3. The number of hydrogen-bond acceptors (Lipinski definition) is 3. The van der Waals surface area contributed by atoms with Crippen molar-refractivity contribution in [3.63, 3.8) is 0 Å². The zero-order valence-electron chi connectivity index (χ0n) is 17.5. The number of piperidine rings is 1. The molecule has 0 radical (unpaired) electrons. The number of amides is 4. The van der Waals surface area contributed by atoms with Crippen molar-refractivity contribution in [3.8, 4) is 0 Å². The summed E-state index contributed by atoms with van der Waals surface area (Å²) < 4.78 is 14.4. The SMILES string of the molecule is C=C(C)CN1C(=O)NC(CC)(C2CCN(C(=O)C(F)=Cc3ccccc3)CC2)C1=O. The highest BCUT2D eigenvalue weighted by molar-refractivity contribution is 6.07. The van der Waals surface area contributed by atoms with E-state index in [1.807, 2.05) is 13.0 Å². The van der Waals surface area contributed by atoms with Gasteiger partial charge in [-0.15, -0.1) is 0 Å². The fourth-order valence-corrected chi connectivity index (χ4v) is 4.35. The molecule has 2 heterocycles. The van der Waals surface area contributed by atoms with Crippen LogP contribution in [0.25, 0.3) is 6.08 Å². The van der Waals surface area contributed by atoms with E-state index in [1.165, 1.54) is 15.9 Å². The Bertz CT molecular complexity index is 875. The molecular formula is C23H28FN3O3. The van der Waals surface area contributed by atoms with Gasteiger partial charge in [-0.3, -0.25) is 14.5 Å². The topological polar surface area (TPSA) is 69.7 Å². The van der Waals surface area contributed by atoms with E-state index in [4.69, 9.17) is 0 Å². The average Bonchev–Trinajstić information content (AvgIpc) is 2.98. The molecule has 1 atom stereocenters. The second-order valence-corrected chi connectivity index (χ2v) is 8.07. The van der Waals surface area contributed by atoms with Gasteiger partial charge in [0.05, 0.1) is 6.54 Å². The number of carbonyl (C=O) groups excluding carboxylic acids is 3. The van der Waals surface area contributed by atoms with Crippen LogP contribution < -0.4 is 5.32 Å². The third-order valence-corrected chi connectivity index (χ3v) is 5.96. The first-order chi connectivity index (χ1) is 14.3. The number of urea groups is 1. The maximum absolute atomic E-state index is 14.4. The van der Waals surface area contributed by atoms with Crippen molar-refractivity contribution in [2.75, 3.05) is 19.6 Å². The van der Waals surface area contributed by atoms with E-state index in [2.05, 4.69) is 11.9 Å². The summed E-state index contributed by atoms with van der Waals surface area (Å²) in [4.78, 5) is 40.7. The maximum Gasteiger partial charge on any atom is 0.325 e. The highest BCUT2D eigenvalue weighted by atomic mass is 19.1. The Hall–Kier alpha value is -2.96. The Morgan fingerprint density at radius 2 is 1.90 bits per heavy atom. The lowest BCUT2D eigenvalue weighted by Crippen LogP contribution is -2.56. The molecule has 1 unspecified atom stereocenters. The zero-order valence-corrected chi connectivity index (χ0v) is 17.5. The van der Waals surface area contributed by atoms with Crippen molar-refractivity contribution in [1.82, 2.24) is 15.1 Å². The molecule has 2 aliphatic heterocycles. The summed E-state index contributed by atoms with van der Waals surface area (Å²) in [6.45, 7) is 8.31. The third kappa shape index (κ3) is 4.15. The number of benzene rings is 1. The van der Waals surface area contributed by atoms with Crippen molar-refractivity contribution in [2.24, 2.45) is 5.92 Å². The third-order valence-electron chi connectivity index (χ3n) is 5.96. The summed E-state index contributed by atoms with van der Waals surface area (Å²) in [6, 6.07) is 8.45. The molecule has 1 aromatic carbocycles. The molecule has 6 nitrogen and oxygen atoms in total. The number of nitrogens with one attached hydrogen (secondary N) is 1. The smallest absolute Gasteiger partial charge is 0.325 e. The summed E-state index contributed by atoms with van der Waals surface area (Å²) in [6.07, 6.45) is 2.74. The highest BCUT2D eigenvalue weighted by Crippen LogP contribution is 2.36. The minimum atomic E-state index is -0.972. The lowest BCUT2D eigenvalue weighted by molar-refractivity contribution is -0.135. The van der Waals surface area contributed by atoms with Crippen LogP contribution in [0.15, 0.2) is 48.3 Å². The van der Waals surface area contributed by atoms with E-state index in [0.717, 1.165) is 5.57 Å². The molecule has 0 spiro atoms. The van der Waals surface area contributed by atoms with Gasteiger partial charge in [0.2, 0.25) is 0 Å². The van der Waals surface area contributed by atoms with Gasteiger partial charge in [-0.05, 0) is 43.7 Å². The molecule has 0 saturated carbocycles. The van der Waals surface area contributed by atoms with Crippen LogP contribution in [0.2, 0.25) is 0 Å². The van der Waals surface area contributed by atoms with Crippen LogP contribution in [-0.2, 0) is 9.59 Å². The first-order valence-electron chi connectivity index (χ1n) is 10.3. The summed E-state index contributed by atoms with van der Waals surface area (Å²) >= 11 is 0. The van der Waals surface area contributed by atoms with Gasteiger partial charge < -0.3 is 10.2 Å². The molecule has 1 aromatic rings. The number of nitrogens with zero attached hydrogens (tertiary/aromatic N) is 2. The molecule has 0 bridgehead atoms. The van der Waals surface area contributed by atoms with Crippen molar-refractivity contribution in [1.29, 1.82) is 0 Å². The Labute approximate surface area is 176 Å². The Morgan fingerprint density at radius 1 is 1.27 bits per heavy atom. The zero-order chi connectivity index (χ0) is 21.9. The second kappa shape index (κ2) is 8.81. The molecule has 4 amide bonds. The van der Waals surface area contributed by atoms with E-state index >= 15 is 0 Å². The fourth-order valence-electron chi connectivity index (χ4n) is 4.35. The minimum absolute atomic E-state index is 0.112. The summed E-state index contributed by atoms with van der Waals surface area (Å²) in [5.41, 5.74) is 0.381. The van der Waals surface area contributed by atoms with Crippen LogP contribution >= 0.6 is 0 Å². The molecule has 2 fully saturated rings. The molecule has 1 N–H and O–H groups in total. The summed E-state index contributed by atoms with van der Waals surface area (Å²) in [5.74, 6) is -1.80. The van der Waals surface area contributed by atoms with E-state index in [-0.39, 0.29) is 18.4 Å². The van der Waals surface area contributed by atoms with E-state index in [9.17, 15) is 18.8 Å².